The van der Waals surface area contributed by atoms with Crippen molar-refractivity contribution in [2.24, 2.45) is 4.99 Å². The molecule has 2 N–H and O–H groups in total. The molecule has 25 heavy (non-hydrogen) atoms. The number of hydrogen-bond donors (Lipinski definition) is 2. The summed E-state index contributed by atoms with van der Waals surface area (Å²) < 4.78 is 1.90. The van der Waals surface area contributed by atoms with E-state index in [1.165, 1.54) is 4.88 Å². The average Bonchev–Trinajstić information content (AvgIpc) is 3.29. The van der Waals surface area contributed by atoms with E-state index in [4.69, 9.17) is 0 Å². The van der Waals surface area contributed by atoms with Gasteiger partial charge in [0.05, 0.1) is 0 Å². The van der Waals surface area contributed by atoms with E-state index in [1.54, 1.807) is 36.5 Å². The number of likely N-dealkylation sites (N-methyl/N-ethyl adjacent to an activating group) is 1. The molecule has 136 valence electrons. The Morgan fingerprint density at radius 1 is 1.32 bits per heavy atom. The van der Waals surface area contributed by atoms with Crippen molar-refractivity contribution in [1.29, 1.82) is 0 Å². The number of amides is 1. The van der Waals surface area contributed by atoms with E-state index in [0.717, 1.165) is 32.5 Å². The summed E-state index contributed by atoms with van der Waals surface area (Å²) in [6, 6.07) is 6.09. The Kier molecular flexibility index (Phi) is 7.97. The maximum Gasteiger partial charge on any atom is 0.243 e. The van der Waals surface area contributed by atoms with Crippen molar-refractivity contribution in [1.82, 2.24) is 25.3 Å². The predicted octanol–water partition coefficient (Wildman–Crippen LogP) is 1.20. The first kappa shape index (κ1) is 19.0. The van der Waals surface area contributed by atoms with E-state index in [1.807, 2.05) is 16.9 Å². The second-order valence-electron chi connectivity index (χ2n) is 5.76. The van der Waals surface area contributed by atoms with Gasteiger partial charge in [0, 0.05) is 51.0 Å². The van der Waals surface area contributed by atoms with Gasteiger partial charge in [-0.05, 0) is 30.4 Å². The van der Waals surface area contributed by atoms with E-state index in [-0.39, 0.29) is 12.5 Å². The second kappa shape index (κ2) is 10.5. The minimum Gasteiger partial charge on any atom is -0.356 e. The highest BCUT2D eigenvalue weighted by molar-refractivity contribution is 7.09. The van der Waals surface area contributed by atoms with Crippen molar-refractivity contribution in [3.8, 4) is 0 Å². The van der Waals surface area contributed by atoms with Crippen LogP contribution in [-0.2, 0) is 17.8 Å². The number of rotatable bonds is 9. The fourth-order valence-electron chi connectivity index (χ4n) is 2.10. The zero-order valence-electron chi connectivity index (χ0n) is 14.8. The van der Waals surface area contributed by atoms with Crippen molar-refractivity contribution < 1.29 is 4.79 Å². The molecule has 0 aliphatic heterocycles. The third kappa shape index (κ3) is 7.38. The first-order valence-electron chi connectivity index (χ1n) is 8.37. The predicted molar refractivity (Wildman–Crippen MR) is 102 cm³/mol. The van der Waals surface area contributed by atoms with Gasteiger partial charge in [-0.1, -0.05) is 6.07 Å². The molecule has 2 aromatic heterocycles. The summed E-state index contributed by atoms with van der Waals surface area (Å²) in [6.07, 6.45) is 5.59. The monoisotopic (exact) mass is 362 g/mol. The van der Waals surface area contributed by atoms with E-state index in [9.17, 15) is 4.79 Å². The Hall–Kier alpha value is -2.35. The zero-order chi connectivity index (χ0) is 17.9. The van der Waals surface area contributed by atoms with Crippen molar-refractivity contribution in [3.63, 3.8) is 0 Å². The number of hydrogen-bond acceptors (Lipinski definition) is 4. The lowest BCUT2D eigenvalue weighted by molar-refractivity contribution is -0.127. The third-order valence-electron chi connectivity index (χ3n) is 3.53. The Morgan fingerprint density at radius 2 is 2.16 bits per heavy atom. The Balaban J connectivity index is 1.77. The van der Waals surface area contributed by atoms with Crippen LogP contribution in [0.4, 0.5) is 0 Å². The van der Waals surface area contributed by atoms with Crippen LogP contribution in [0.25, 0.3) is 0 Å². The van der Waals surface area contributed by atoms with Crippen LogP contribution in [-0.4, -0.2) is 60.3 Å². The normalized spacial score (nSPS) is 11.4. The van der Waals surface area contributed by atoms with Gasteiger partial charge in [-0.2, -0.15) is 5.10 Å². The number of aliphatic imine (C=N–C) groups is 1. The second-order valence-corrected chi connectivity index (χ2v) is 6.79. The van der Waals surface area contributed by atoms with Crippen LogP contribution in [0.3, 0.4) is 0 Å². The molecule has 0 unspecified atom stereocenters. The number of nitrogens with one attached hydrogen (secondary N) is 2. The molecule has 0 fully saturated rings. The summed E-state index contributed by atoms with van der Waals surface area (Å²) in [7, 11) is 3.47. The Bertz CT molecular complexity index is 636. The minimum absolute atomic E-state index is 0.0177. The van der Waals surface area contributed by atoms with Gasteiger partial charge in [-0.15, -0.1) is 11.3 Å². The van der Waals surface area contributed by atoms with Crippen molar-refractivity contribution in [2.75, 3.05) is 33.7 Å². The van der Waals surface area contributed by atoms with Gasteiger partial charge < -0.3 is 15.5 Å². The molecule has 0 saturated carbocycles. The summed E-state index contributed by atoms with van der Waals surface area (Å²) in [5, 5.41) is 12.8. The largest absolute Gasteiger partial charge is 0.356 e. The quantitative estimate of drug-likeness (QED) is 0.399. The van der Waals surface area contributed by atoms with Gasteiger partial charge in [0.2, 0.25) is 5.91 Å². The fourth-order valence-corrected chi connectivity index (χ4v) is 2.81. The third-order valence-corrected chi connectivity index (χ3v) is 4.47. The molecule has 0 atom stereocenters. The first-order chi connectivity index (χ1) is 12.1. The molecule has 7 nitrogen and oxygen atoms in total. The number of nitrogens with zero attached hydrogens (tertiary/aromatic N) is 4. The molecule has 1 amide bonds. The number of aryl methyl sites for hydroxylation is 1. The maximum absolute atomic E-state index is 11.7. The van der Waals surface area contributed by atoms with E-state index in [0.29, 0.717) is 5.96 Å². The molecule has 0 aliphatic rings. The van der Waals surface area contributed by atoms with Gasteiger partial charge in [0.25, 0.3) is 0 Å². The van der Waals surface area contributed by atoms with Gasteiger partial charge in [0.15, 0.2) is 5.96 Å². The van der Waals surface area contributed by atoms with Crippen LogP contribution >= 0.6 is 11.3 Å². The molecule has 0 aromatic carbocycles. The first-order valence-corrected chi connectivity index (χ1v) is 9.25. The van der Waals surface area contributed by atoms with Crippen molar-refractivity contribution >= 4 is 23.2 Å². The number of aromatic nitrogens is 2. The molecule has 8 heteroatoms. The molecule has 0 aliphatic carbocycles. The molecule has 2 rings (SSSR count). The van der Waals surface area contributed by atoms with Crippen LogP contribution in [0.15, 0.2) is 41.0 Å². The summed E-state index contributed by atoms with van der Waals surface area (Å²) >= 11 is 1.75. The molecule has 0 saturated heterocycles. The highest BCUT2D eigenvalue weighted by Gasteiger charge is 2.04. The topological polar surface area (TPSA) is 74.5 Å². The molecule has 0 bridgehead atoms. The highest BCUT2D eigenvalue weighted by Crippen LogP contribution is 2.07. The smallest absolute Gasteiger partial charge is 0.243 e. The minimum atomic E-state index is -0.0177. The van der Waals surface area contributed by atoms with Crippen LogP contribution in [0.2, 0.25) is 0 Å². The Labute approximate surface area is 152 Å². The molecule has 0 radical (unpaired) electrons. The molecular formula is C17H26N6OS. The van der Waals surface area contributed by atoms with Crippen LogP contribution in [0.5, 0.6) is 0 Å². The highest BCUT2D eigenvalue weighted by atomic mass is 32.1. The molecule has 2 heterocycles. The van der Waals surface area contributed by atoms with Crippen molar-refractivity contribution in [2.45, 2.75) is 19.4 Å². The molecule has 0 spiro atoms. The van der Waals surface area contributed by atoms with Gasteiger partial charge in [-0.25, -0.2) is 4.99 Å². The maximum atomic E-state index is 11.7. The average molecular weight is 363 g/mol. The van der Waals surface area contributed by atoms with Crippen LogP contribution in [0, 0.1) is 0 Å². The van der Waals surface area contributed by atoms with E-state index < -0.39 is 0 Å². The summed E-state index contributed by atoms with van der Waals surface area (Å²) in [5.74, 6) is 0.656. The number of thiophene rings is 1. The summed E-state index contributed by atoms with van der Waals surface area (Å²) in [5.41, 5.74) is 0. The molecule has 2 aromatic rings. The van der Waals surface area contributed by atoms with E-state index >= 15 is 0 Å². The lowest BCUT2D eigenvalue weighted by atomic mass is 10.3. The SMILES string of the molecule is CN(C)C(=O)CN=C(NCCCn1cccn1)NCCc1cccs1. The summed E-state index contributed by atoms with van der Waals surface area (Å²) in [6.45, 7) is 2.53. The van der Waals surface area contributed by atoms with Crippen LogP contribution in [0.1, 0.15) is 11.3 Å². The lowest BCUT2D eigenvalue weighted by Gasteiger charge is -2.13. The Morgan fingerprint density at radius 3 is 2.84 bits per heavy atom. The zero-order valence-corrected chi connectivity index (χ0v) is 15.6. The van der Waals surface area contributed by atoms with E-state index in [2.05, 4.69) is 38.2 Å². The summed E-state index contributed by atoms with van der Waals surface area (Å²) in [4.78, 5) is 19.0. The van der Waals surface area contributed by atoms with Crippen LogP contribution < -0.4 is 10.6 Å². The van der Waals surface area contributed by atoms with Crippen molar-refractivity contribution in [3.05, 3.63) is 40.8 Å². The number of carbonyl (C=O) groups is 1. The van der Waals surface area contributed by atoms with Gasteiger partial charge in [-0.3, -0.25) is 9.48 Å². The number of guanidine groups is 1. The fraction of sp³-hybridized carbons (Fsp3) is 0.471. The lowest BCUT2D eigenvalue weighted by Crippen LogP contribution is -2.40. The standard InChI is InChI=1S/C17H26N6OS/c1-22(2)16(24)14-20-17(19-10-7-15-6-3-13-25-15)18-8-4-11-23-12-5-9-21-23/h3,5-6,9,12-13H,4,7-8,10-11,14H2,1-2H3,(H2,18,19,20). The van der Waals surface area contributed by atoms with Gasteiger partial charge >= 0.3 is 0 Å². The molecular weight excluding hydrogens is 336 g/mol. The van der Waals surface area contributed by atoms with Gasteiger partial charge in [0.1, 0.15) is 6.54 Å². The number of carbonyl (C=O) groups excluding carboxylic acids is 1.